The van der Waals surface area contributed by atoms with Gasteiger partial charge in [0.2, 0.25) is 0 Å². The molecule has 0 N–H and O–H groups in total. The van der Waals surface area contributed by atoms with Crippen molar-refractivity contribution >= 4 is 0 Å². The average Bonchev–Trinajstić information content (AvgIpc) is 2.68. The fourth-order valence-electron chi connectivity index (χ4n) is 2.92. The molecule has 2 rings (SSSR count). The lowest BCUT2D eigenvalue weighted by Crippen LogP contribution is -2.48. The molecule has 0 aromatic heterocycles. The standard InChI is InChI=1S/C12H25N3/c1-13(2)11-4-5-12(10-11)15-8-6-14(3)7-9-15/h11-12H,4-10H2,1-3H3/t11-,12-/m1/s1. The molecule has 1 saturated heterocycles. The number of hydrogen-bond donors (Lipinski definition) is 0. The van der Waals surface area contributed by atoms with Crippen LogP contribution in [0.2, 0.25) is 0 Å². The molecule has 1 saturated carbocycles. The minimum absolute atomic E-state index is 0.828. The van der Waals surface area contributed by atoms with Crippen molar-refractivity contribution in [3.63, 3.8) is 0 Å². The zero-order chi connectivity index (χ0) is 10.8. The van der Waals surface area contributed by atoms with E-state index < -0.39 is 0 Å². The Morgan fingerprint density at radius 3 is 2.20 bits per heavy atom. The first-order valence-corrected chi connectivity index (χ1v) is 6.26. The number of hydrogen-bond acceptors (Lipinski definition) is 3. The maximum absolute atomic E-state index is 2.71. The Morgan fingerprint density at radius 1 is 1.00 bits per heavy atom. The van der Waals surface area contributed by atoms with Crippen LogP contribution < -0.4 is 0 Å². The molecule has 15 heavy (non-hydrogen) atoms. The molecule has 88 valence electrons. The predicted octanol–water partition coefficient (Wildman–Crippen LogP) is 0.717. The third kappa shape index (κ3) is 2.71. The molecule has 3 heteroatoms. The lowest BCUT2D eigenvalue weighted by Gasteiger charge is -2.36. The lowest BCUT2D eigenvalue weighted by atomic mass is 10.1. The highest BCUT2D eigenvalue weighted by Crippen LogP contribution is 2.27. The molecule has 2 fully saturated rings. The molecular formula is C12H25N3. The van der Waals surface area contributed by atoms with Crippen LogP contribution in [0.3, 0.4) is 0 Å². The second-order valence-corrected chi connectivity index (χ2v) is 5.42. The number of nitrogens with zero attached hydrogens (tertiary/aromatic N) is 3. The molecule has 0 aromatic rings. The minimum Gasteiger partial charge on any atom is -0.306 e. The molecule has 1 aliphatic heterocycles. The van der Waals surface area contributed by atoms with Crippen molar-refractivity contribution in [1.29, 1.82) is 0 Å². The van der Waals surface area contributed by atoms with Gasteiger partial charge in [-0.05, 0) is 40.4 Å². The summed E-state index contributed by atoms with van der Waals surface area (Å²) >= 11 is 0. The number of likely N-dealkylation sites (N-methyl/N-ethyl adjacent to an activating group) is 1. The minimum atomic E-state index is 0.828. The van der Waals surface area contributed by atoms with Crippen molar-refractivity contribution in [1.82, 2.24) is 14.7 Å². The highest BCUT2D eigenvalue weighted by molar-refractivity contribution is 4.88. The Balaban J connectivity index is 1.80. The van der Waals surface area contributed by atoms with Gasteiger partial charge in [0.25, 0.3) is 0 Å². The summed E-state index contributed by atoms with van der Waals surface area (Å²) in [6, 6.07) is 1.70. The predicted molar refractivity (Wildman–Crippen MR) is 64.2 cm³/mol. The van der Waals surface area contributed by atoms with E-state index in [0.29, 0.717) is 0 Å². The molecule has 2 atom stereocenters. The topological polar surface area (TPSA) is 9.72 Å². The summed E-state index contributed by atoms with van der Waals surface area (Å²) in [5.41, 5.74) is 0. The maximum Gasteiger partial charge on any atom is 0.0113 e. The Morgan fingerprint density at radius 2 is 1.67 bits per heavy atom. The third-order valence-corrected chi connectivity index (χ3v) is 4.16. The van der Waals surface area contributed by atoms with E-state index in [4.69, 9.17) is 0 Å². The first-order chi connectivity index (χ1) is 7.16. The van der Waals surface area contributed by atoms with Crippen LogP contribution in [0.15, 0.2) is 0 Å². The van der Waals surface area contributed by atoms with Crippen molar-refractivity contribution in [3.8, 4) is 0 Å². The van der Waals surface area contributed by atoms with E-state index in [9.17, 15) is 0 Å². The van der Waals surface area contributed by atoms with Crippen molar-refractivity contribution < 1.29 is 0 Å². The van der Waals surface area contributed by atoms with Gasteiger partial charge >= 0.3 is 0 Å². The molecule has 2 aliphatic rings. The third-order valence-electron chi connectivity index (χ3n) is 4.16. The van der Waals surface area contributed by atoms with Gasteiger partial charge in [-0.1, -0.05) is 0 Å². The smallest absolute Gasteiger partial charge is 0.0113 e. The quantitative estimate of drug-likeness (QED) is 0.666. The van der Waals surface area contributed by atoms with Crippen LogP contribution in [-0.2, 0) is 0 Å². The Labute approximate surface area is 94.0 Å². The average molecular weight is 211 g/mol. The van der Waals surface area contributed by atoms with Crippen molar-refractivity contribution in [3.05, 3.63) is 0 Å². The fraction of sp³-hybridized carbons (Fsp3) is 1.00. The van der Waals surface area contributed by atoms with Gasteiger partial charge in [0.05, 0.1) is 0 Å². The van der Waals surface area contributed by atoms with Crippen LogP contribution in [-0.4, -0.2) is 74.1 Å². The van der Waals surface area contributed by atoms with Gasteiger partial charge in [0.1, 0.15) is 0 Å². The molecule has 1 aliphatic carbocycles. The van der Waals surface area contributed by atoms with Gasteiger partial charge in [0.15, 0.2) is 0 Å². The van der Waals surface area contributed by atoms with Gasteiger partial charge in [-0.25, -0.2) is 0 Å². The number of piperazine rings is 1. The zero-order valence-corrected chi connectivity index (χ0v) is 10.4. The number of rotatable bonds is 2. The van der Waals surface area contributed by atoms with Crippen molar-refractivity contribution in [2.45, 2.75) is 31.3 Å². The van der Waals surface area contributed by atoms with E-state index in [1.165, 1.54) is 45.4 Å². The van der Waals surface area contributed by atoms with Gasteiger partial charge in [-0.3, -0.25) is 4.90 Å². The van der Waals surface area contributed by atoms with Crippen LogP contribution in [0.5, 0.6) is 0 Å². The first kappa shape index (κ1) is 11.4. The normalized spacial score (nSPS) is 35.2. The largest absolute Gasteiger partial charge is 0.306 e. The fourth-order valence-corrected chi connectivity index (χ4v) is 2.92. The molecule has 0 aromatic carbocycles. The highest BCUT2D eigenvalue weighted by atomic mass is 15.3. The second kappa shape index (κ2) is 4.81. The van der Waals surface area contributed by atoms with E-state index >= 15 is 0 Å². The first-order valence-electron chi connectivity index (χ1n) is 6.26. The summed E-state index contributed by atoms with van der Waals surface area (Å²) in [6.07, 6.45) is 4.19. The zero-order valence-electron chi connectivity index (χ0n) is 10.4. The summed E-state index contributed by atoms with van der Waals surface area (Å²) in [5, 5.41) is 0. The molecule has 0 bridgehead atoms. The van der Waals surface area contributed by atoms with E-state index in [-0.39, 0.29) is 0 Å². The van der Waals surface area contributed by atoms with Crippen molar-refractivity contribution in [2.75, 3.05) is 47.3 Å². The summed E-state index contributed by atoms with van der Waals surface area (Å²) in [5.74, 6) is 0. The van der Waals surface area contributed by atoms with E-state index in [2.05, 4.69) is 35.8 Å². The Hall–Kier alpha value is -0.120. The summed E-state index contributed by atoms with van der Waals surface area (Å²) in [4.78, 5) is 7.55. The van der Waals surface area contributed by atoms with Gasteiger partial charge < -0.3 is 9.80 Å². The summed E-state index contributed by atoms with van der Waals surface area (Å²) in [7, 11) is 6.67. The van der Waals surface area contributed by atoms with Crippen LogP contribution in [0, 0.1) is 0 Å². The second-order valence-electron chi connectivity index (χ2n) is 5.42. The van der Waals surface area contributed by atoms with Gasteiger partial charge in [-0.15, -0.1) is 0 Å². The van der Waals surface area contributed by atoms with Crippen LogP contribution in [0.1, 0.15) is 19.3 Å². The van der Waals surface area contributed by atoms with Gasteiger partial charge in [-0.2, -0.15) is 0 Å². The van der Waals surface area contributed by atoms with Crippen LogP contribution in [0.4, 0.5) is 0 Å². The van der Waals surface area contributed by atoms with E-state index in [1.54, 1.807) is 0 Å². The molecule has 1 heterocycles. The monoisotopic (exact) mass is 211 g/mol. The Kier molecular flexibility index (Phi) is 3.65. The van der Waals surface area contributed by atoms with E-state index in [0.717, 1.165) is 12.1 Å². The molecule has 0 unspecified atom stereocenters. The van der Waals surface area contributed by atoms with Crippen molar-refractivity contribution in [2.24, 2.45) is 0 Å². The van der Waals surface area contributed by atoms with Gasteiger partial charge in [0, 0.05) is 38.3 Å². The SMILES string of the molecule is CN1CCN([C@@H]2CC[C@@H](N(C)C)C2)CC1. The highest BCUT2D eigenvalue weighted by Gasteiger charge is 2.31. The van der Waals surface area contributed by atoms with E-state index in [1.807, 2.05) is 0 Å². The summed E-state index contributed by atoms with van der Waals surface area (Å²) < 4.78 is 0. The lowest BCUT2D eigenvalue weighted by molar-refractivity contribution is 0.110. The summed E-state index contributed by atoms with van der Waals surface area (Å²) in [6.45, 7) is 5.06. The molecule has 3 nitrogen and oxygen atoms in total. The molecular weight excluding hydrogens is 186 g/mol. The molecule has 0 radical (unpaired) electrons. The molecule has 0 amide bonds. The maximum atomic E-state index is 2.71. The Bertz CT molecular complexity index is 197. The van der Waals surface area contributed by atoms with Crippen LogP contribution >= 0.6 is 0 Å². The van der Waals surface area contributed by atoms with Crippen LogP contribution in [0.25, 0.3) is 0 Å². The molecule has 0 spiro atoms.